The van der Waals surface area contributed by atoms with Crippen molar-refractivity contribution in [2.24, 2.45) is 0 Å². The summed E-state index contributed by atoms with van der Waals surface area (Å²) in [6.07, 6.45) is 2.49. The molecule has 19 heavy (non-hydrogen) atoms. The Balaban J connectivity index is 1.75. The molecule has 98 valence electrons. The summed E-state index contributed by atoms with van der Waals surface area (Å²) in [7, 11) is 0. The Kier molecular flexibility index (Phi) is 4.80. The largest absolute Gasteiger partial charge is 0.343 e. The predicted octanol–water partition coefficient (Wildman–Crippen LogP) is 1.96. The van der Waals surface area contributed by atoms with Gasteiger partial charge in [0.15, 0.2) is 0 Å². The van der Waals surface area contributed by atoms with Crippen LogP contribution in [0.15, 0.2) is 41.9 Å². The summed E-state index contributed by atoms with van der Waals surface area (Å²) in [5, 5.41) is 5.21. The molecule has 0 saturated carbocycles. The fourth-order valence-corrected chi connectivity index (χ4v) is 2.17. The number of nitrogens with zero attached hydrogens (tertiary/aromatic N) is 1. The highest BCUT2D eigenvalue weighted by molar-refractivity contribution is 7.09. The minimum absolute atomic E-state index is 0.230. The number of aromatic nitrogens is 1. The molecule has 0 aliphatic rings. The van der Waals surface area contributed by atoms with Crippen molar-refractivity contribution in [3.8, 4) is 0 Å². The summed E-state index contributed by atoms with van der Waals surface area (Å²) in [4.78, 5) is 27.3. The second-order valence-electron chi connectivity index (χ2n) is 4.02. The lowest BCUT2D eigenvalue weighted by Gasteiger charge is -2.02. The SMILES string of the molecule is O=C(CCc1ccccc1)C(=O)NCc1nccs1. The lowest BCUT2D eigenvalue weighted by atomic mass is 10.1. The third-order valence-electron chi connectivity index (χ3n) is 2.62. The number of benzene rings is 1. The number of carbonyl (C=O) groups excluding carboxylic acids is 2. The van der Waals surface area contributed by atoms with Crippen molar-refractivity contribution < 1.29 is 9.59 Å². The maximum absolute atomic E-state index is 11.6. The van der Waals surface area contributed by atoms with Crippen LogP contribution in [0, 0.1) is 0 Å². The Hall–Kier alpha value is -2.01. The molecular formula is C14H14N2O2S. The minimum Gasteiger partial charge on any atom is -0.343 e. The van der Waals surface area contributed by atoms with Gasteiger partial charge in [-0.25, -0.2) is 4.98 Å². The number of rotatable bonds is 6. The summed E-state index contributed by atoms with van der Waals surface area (Å²) in [6, 6.07) is 9.65. The number of hydrogen-bond acceptors (Lipinski definition) is 4. The number of ketones is 1. The Morgan fingerprint density at radius 3 is 2.68 bits per heavy atom. The van der Waals surface area contributed by atoms with Crippen molar-refractivity contribution in [3.63, 3.8) is 0 Å². The average Bonchev–Trinajstić information content (AvgIpc) is 2.96. The smallest absolute Gasteiger partial charge is 0.287 e. The van der Waals surface area contributed by atoms with E-state index in [0.29, 0.717) is 13.0 Å². The number of carbonyl (C=O) groups is 2. The Morgan fingerprint density at radius 2 is 2.00 bits per heavy atom. The quantitative estimate of drug-likeness (QED) is 0.819. The van der Waals surface area contributed by atoms with Crippen LogP contribution < -0.4 is 5.32 Å². The van der Waals surface area contributed by atoms with Crippen LogP contribution in [0.3, 0.4) is 0 Å². The van der Waals surface area contributed by atoms with E-state index in [4.69, 9.17) is 0 Å². The van der Waals surface area contributed by atoms with Crippen molar-refractivity contribution >= 4 is 23.0 Å². The van der Waals surface area contributed by atoms with E-state index in [2.05, 4.69) is 10.3 Å². The Morgan fingerprint density at radius 1 is 1.21 bits per heavy atom. The maximum Gasteiger partial charge on any atom is 0.287 e. The number of Topliss-reactive ketones (excluding diaryl/α,β-unsaturated/α-hetero) is 1. The summed E-state index contributed by atoms with van der Waals surface area (Å²) in [6.45, 7) is 0.313. The van der Waals surface area contributed by atoms with Crippen LogP contribution >= 0.6 is 11.3 Å². The monoisotopic (exact) mass is 274 g/mol. The van der Waals surface area contributed by atoms with Gasteiger partial charge in [-0.15, -0.1) is 11.3 Å². The third kappa shape index (κ3) is 4.30. The molecule has 0 bridgehead atoms. The van der Waals surface area contributed by atoms with Gasteiger partial charge in [0.05, 0.1) is 6.54 Å². The normalized spacial score (nSPS) is 10.1. The predicted molar refractivity (Wildman–Crippen MR) is 73.7 cm³/mol. The van der Waals surface area contributed by atoms with Gasteiger partial charge in [0.1, 0.15) is 5.01 Å². The van der Waals surface area contributed by atoms with Crippen LogP contribution in [0.1, 0.15) is 17.0 Å². The van der Waals surface area contributed by atoms with Crippen LogP contribution in [0.5, 0.6) is 0 Å². The Bertz CT molecular complexity index is 538. The van der Waals surface area contributed by atoms with Crippen molar-refractivity contribution in [2.75, 3.05) is 0 Å². The first-order chi connectivity index (χ1) is 9.25. The molecule has 1 heterocycles. The lowest BCUT2D eigenvalue weighted by molar-refractivity contribution is -0.138. The third-order valence-corrected chi connectivity index (χ3v) is 3.40. The minimum atomic E-state index is -0.536. The van der Waals surface area contributed by atoms with Crippen molar-refractivity contribution in [2.45, 2.75) is 19.4 Å². The molecule has 2 rings (SSSR count). The molecule has 1 N–H and O–H groups in total. The number of thiazole rings is 1. The zero-order chi connectivity index (χ0) is 13.5. The molecule has 1 aromatic heterocycles. The van der Waals surface area contributed by atoms with Gasteiger partial charge in [-0.2, -0.15) is 0 Å². The standard InChI is InChI=1S/C14H14N2O2S/c17-12(7-6-11-4-2-1-3-5-11)14(18)16-10-13-15-8-9-19-13/h1-5,8-9H,6-7,10H2,(H,16,18). The first-order valence-corrected chi connectivity index (χ1v) is 6.87. The summed E-state index contributed by atoms with van der Waals surface area (Å²) in [5.74, 6) is -0.924. The average molecular weight is 274 g/mol. The van der Waals surface area contributed by atoms with Crippen LogP contribution in [0.2, 0.25) is 0 Å². The van der Waals surface area contributed by atoms with Crippen molar-refractivity contribution in [1.29, 1.82) is 0 Å². The van der Waals surface area contributed by atoms with Gasteiger partial charge >= 0.3 is 0 Å². The van der Waals surface area contributed by atoms with E-state index < -0.39 is 5.91 Å². The zero-order valence-corrected chi connectivity index (χ0v) is 11.2. The van der Waals surface area contributed by atoms with E-state index in [-0.39, 0.29) is 12.2 Å². The van der Waals surface area contributed by atoms with Gasteiger partial charge in [-0.3, -0.25) is 9.59 Å². The van der Waals surface area contributed by atoms with Crippen molar-refractivity contribution in [3.05, 3.63) is 52.5 Å². The van der Waals surface area contributed by atoms with E-state index in [0.717, 1.165) is 10.6 Å². The molecule has 0 aliphatic carbocycles. The number of aryl methyl sites for hydroxylation is 1. The molecule has 0 unspecified atom stereocenters. The van der Waals surface area contributed by atoms with Gasteiger partial charge < -0.3 is 5.32 Å². The van der Waals surface area contributed by atoms with Crippen LogP contribution in [0.25, 0.3) is 0 Å². The summed E-state index contributed by atoms with van der Waals surface area (Å²) >= 11 is 1.45. The van der Waals surface area contributed by atoms with Crippen molar-refractivity contribution in [1.82, 2.24) is 10.3 Å². The highest BCUT2D eigenvalue weighted by atomic mass is 32.1. The van der Waals surface area contributed by atoms with Crippen LogP contribution in [-0.4, -0.2) is 16.7 Å². The molecule has 0 radical (unpaired) electrons. The van der Waals surface area contributed by atoms with E-state index >= 15 is 0 Å². The van der Waals surface area contributed by atoms with E-state index in [1.807, 2.05) is 35.7 Å². The van der Waals surface area contributed by atoms with E-state index in [1.165, 1.54) is 11.3 Å². The molecule has 1 amide bonds. The molecule has 4 nitrogen and oxygen atoms in total. The highest BCUT2D eigenvalue weighted by Crippen LogP contribution is 2.04. The fraction of sp³-hybridized carbons (Fsp3) is 0.214. The molecule has 2 aromatic rings. The number of nitrogens with one attached hydrogen (secondary N) is 1. The van der Waals surface area contributed by atoms with Gasteiger partial charge in [-0.1, -0.05) is 30.3 Å². The molecular weight excluding hydrogens is 260 g/mol. The summed E-state index contributed by atoms with van der Waals surface area (Å²) in [5.41, 5.74) is 1.06. The second kappa shape index (κ2) is 6.80. The molecule has 0 saturated heterocycles. The fourth-order valence-electron chi connectivity index (χ4n) is 1.61. The van der Waals surface area contributed by atoms with Crippen LogP contribution in [-0.2, 0) is 22.6 Å². The first kappa shape index (κ1) is 13.4. The Labute approximate surface area is 115 Å². The number of hydrogen-bond donors (Lipinski definition) is 1. The molecule has 1 aromatic carbocycles. The molecule has 0 fully saturated rings. The molecule has 0 aliphatic heterocycles. The maximum atomic E-state index is 11.6. The van der Waals surface area contributed by atoms with Gasteiger partial charge in [0.2, 0.25) is 5.78 Å². The lowest BCUT2D eigenvalue weighted by Crippen LogP contribution is -2.30. The summed E-state index contributed by atoms with van der Waals surface area (Å²) < 4.78 is 0. The molecule has 5 heteroatoms. The van der Waals surface area contributed by atoms with Gasteiger partial charge in [0, 0.05) is 18.0 Å². The van der Waals surface area contributed by atoms with Crippen LogP contribution in [0.4, 0.5) is 0 Å². The van der Waals surface area contributed by atoms with Gasteiger partial charge in [0.25, 0.3) is 5.91 Å². The van der Waals surface area contributed by atoms with Gasteiger partial charge in [-0.05, 0) is 12.0 Å². The topological polar surface area (TPSA) is 59.1 Å². The second-order valence-corrected chi connectivity index (χ2v) is 5.00. The number of amides is 1. The zero-order valence-electron chi connectivity index (χ0n) is 10.3. The molecule has 0 spiro atoms. The molecule has 0 atom stereocenters. The highest BCUT2D eigenvalue weighted by Gasteiger charge is 2.13. The first-order valence-electron chi connectivity index (χ1n) is 5.99. The van der Waals surface area contributed by atoms with E-state index in [1.54, 1.807) is 6.20 Å². The van der Waals surface area contributed by atoms with E-state index in [9.17, 15) is 9.59 Å².